The van der Waals surface area contributed by atoms with Crippen LogP contribution in [0.4, 0.5) is 4.79 Å². The first-order valence-electron chi connectivity index (χ1n) is 14.1. The van der Waals surface area contributed by atoms with Gasteiger partial charge in [0.15, 0.2) is 0 Å². The number of carbonyl (C=O) groups excluding carboxylic acids is 4. The van der Waals surface area contributed by atoms with Gasteiger partial charge in [0.2, 0.25) is 11.8 Å². The second-order valence-corrected chi connectivity index (χ2v) is 12.0. The van der Waals surface area contributed by atoms with Gasteiger partial charge in [0.1, 0.15) is 29.3 Å². The lowest BCUT2D eigenvalue weighted by Gasteiger charge is -2.35. The number of hydrogen-bond acceptors (Lipinski definition) is 7. The van der Waals surface area contributed by atoms with Crippen LogP contribution >= 0.6 is 0 Å². The van der Waals surface area contributed by atoms with Crippen LogP contribution in [-0.2, 0) is 30.3 Å². The third-order valence-corrected chi connectivity index (χ3v) is 6.13. The highest BCUT2D eigenvalue weighted by molar-refractivity contribution is 5.94. The molecular weight excluding hydrogens is 538 g/mol. The average molecular weight is 584 g/mol. The summed E-state index contributed by atoms with van der Waals surface area (Å²) in [6.45, 7) is 13.1. The molecule has 0 bridgehead atoms. The van der Waals surface area contributed by atoms with Crippen molar-refractivity contribution in [3.8, 4) is 0 Å². The summed E-state index contributed by atoms with van der Waals surface area (Å²) in [5.41, 5.74) is 0.463. The van der Waals surface area contributed by atoms with Gasteiger partial charge >= 0.3 is 12.1 Å². The predicted molar refractivity (Wildman–Crippen MR) is 159 cm³/mol. The summed E-state index contributed by atoms with van der Waals surface area (Å²) < 4.78 is 10.9. The number of ether oxygens (including phenoxy) is 2. The number of aliphatic hydroxyl groups excluding tert-OH is 1. The second kappa shape index (κ2) is 14.8. The van der Waals surface area contributed by atoms with Gasteiger partial charge < -0.3 is 30.1 Å². The van der Waals surface area contributed by atoms with Crippen molar-refractivity contribution in [2.45, 2.75) is 91.1 Å². The van der Waals surface area contributed by atoms with Crippen molar-refractivity contribution in [3.63, 3.8) is 0 Å². The molecule has 42 heavy (non-hydrogen) atoms. The normalized spacial score (nSPS) is 13.7. The molecule has 0 radical (unpaired) electrons. The van der Waals surface area contributed by atoms with Crippen molar-refractivity contribution in [1.82, 2.24) is 15.5 Å². The zero-order valence-corrected chi connectivity index (χ0v) is 25.9. The van der Waals surface area contributed by atoms with E-state index in [0.29, 0.717) is 5.56 Å². The Bertz CT molecular complexity index is 1220. The van der Waals surface area contributed by atoms with Gasteiger partial charge in [-0.15, -0.1) is 0 Å². The lowest BCUT2D eigenvalue weighted by molar-refractivity contribution is -0.159. The maximum atomic E-state index is 14.1. The van der Waals surface area contributed by atoms with Gasteiger partial charge in [-0.1, -0.05) is 54.6 Å². The predicted octanol–water partition coefficient (Wildman–Crippen LogP) is 3.84. The minimum atomic E-state index is -1.37. The molecule has 0 aliphatic rings. The fraction of sp³-hybridized carbons (Fsp3) is 0.500. The molecule has 3 amide bonds. The summed E-state index contributed by atoms with van der Waals surface area (Å²) in [6, 6.07) is 12.7. The van der Waals surface area contributed by atoms with Gasteiger partial charge in [0.25, 0.3) is 0 Å². The number of benzene rings is 2. The fourth-order valence-corrected chi connectivity index (χ4v) is 4.31. The number of aryl methyl sites for hydroxylation is 1. The highest BCUT2D eigenvalue weighted by atomic mass is 16.6. The minimum absolute atomic E-state index is 0.0630. The Morgan fingerprint density at radius 2 is 1.40 bits per heavy atom. The summed E-state index contributed by atoms with van der Waals surface area (Å²) in [7, 11) is 0. The summed E-state index contributed by atoms with van der Waals surface area (Å²) in [6.07, 6.45) is -0.711. The van der Waals surface area contributed by atoms with Crippen LogP contribution in [0, 0.1) is 6.92 Å². The van der Waals surface area contributed by atoms with E-state index in [4.69, 9.17) is 9.47 Å². The molecule has 230 valence electrons. The van der Waals surface area contributed by atoms with Gasteiger partial charge in [-0.2, -0.15) is 0 Å². The van der Waals surface area contributed by atoms with Crippen molar-refractivity contribution in [2.24, 2.45) is 0 Å². The van der Waals surface area contributed by atoms with E-state index in [-0.39, 0.29) is 13.0 Å². The molecule has 10 heteroatoms. The van der Waals surface area contributed by atoms with Crippen molar-refractivity contribution >= 4 is 23.9 Å². The molecule has 0 spiro atoms. The number of carbonyl (C=O) groups is 4. The Kier molecular flexibility index (Phi) is 12.1. The van der Waals surface area contributed by atoms with E-state index in [9.17, 15) is 24.3 Å². The Labute approximate surface area is 248 Å². The number of esters is 1. The number of aliphatic hydroxyl groups is 1. The zero-order chi connectivity index (χ0) is 31.7. The molecule has 2 aromatic carbocycles. The molecule has 0 fully saturated rings. The molecule has 0 heterocycles. The molecule has 0 saturated carbocycles. The van der Waals surface area contributed by atoms with Crippen LogP contribution < -0.4 is 10.6 Å². The number of amides is 3. The van der Waals surface area contributed by atoms with E-state index >= 15 is 0 Å². The maximum Gasteiger partial charge on any atom is 0.408 e. The smallest absolute Gasteiger partial charge is 0.408 e. The lowest BCUT2D eigenvalue weighted by Crippen LogP contribution is -2.56. The van der Waals surface area contributed by atoms with Gasteiger partial charge in [-0.05, 0) is 72.1 Å². The van der Waals surface area contributed by atoms with Gasteiger partial charge in [-0.25, -0.2) is 9.59 Å². The first-order valence-corrected chi connectivity index (χ1v) is 14.1. The number of alkyl carbamates (subject to hydrolysis) is 1. The van der Waals surface area contributed by atoms with Gasteiger partial charge in [-0.3, -0.25) is 9.59 Å². The topological polar surface area (TPSA) is 134 Å². The zero-order valence-electron chi connectivity index (χ0n) is 25.9. The third-order valence-electron chi connectivity index (χ3n) is 6.13. The number of nitrogens with one attached hydrogen (secondary N) is 2. The first-order chi connectivity index (χ1) is 19.6. The summed E-state index contributed by atoms with van der Waals surface area (Å²) in [5.74, 6) is -1.91. The first kappa shape index (κ1) is 34.3. The van der Waals surface area contributed by atoms with Crippen molar-refractivity contribution in [1.29, 1.82) is 0 Å². The molecule has 3 unspecified atom stereocenters. The number of hydrogen-bond donors (Lipinski definition) is 3. The monoisotopic (exact) mass is 583 g/mol. The Morgan fingerprint density at radius 3 is 1.93 bits per heavy atom. The largest absolute Gasteiger partial charge is 0.458 e. The Hall–Kier alpha value is -3.92. The van der Waals surface area contributed by atoms with Crippen LogP contribution in [-0.4, -0.2) is 70.3 Å². The Balaban J connectivity index is 2.48. The molecule has 3 atom stereocenters. The van der Waals surface area contributed by atoms with Crippen LogP contribution in [0.2, 0.25) is 0 Å². The quantitative estimate of drug-likeness (QED) is 0.342. The van der Waals surface area contributed by atoms with E-state index in [1.165, 1.54) is 4.90 Å². The van der Waals surface area contributed by atoms with Crippen LogP contribution in [0.1, 0.15) is 71.2 Å². The summed E-state index contributed by atoms with van der Waals surface area (Å²) in [5, 5.41) is 15.3. The summed E-state index contributed by atoms with van der Waals surface area (Å²) >= 11 is 0. The van der Waals surface area contributed by atoms with Crippen LogP contribution in [0.25, 0.3) is 0 Å². The SMILES string of the molecule is CCN(C(=O)C(CO)NC(=O)OC(C)(C)C)C(C(=O)NC(Cc1ccccc1)C(=O)OC(C)(C)C)c1ccccc1C. The van der Waals surface area contributed by atoms with Crippen LogP contribution in [0.5, 0.6) is 0 Å². The average Bonchev–Trinajstić information content (AvgIpc) is 2.88. The van der Waals surface area contributed by atoms with Crippen LogP contribution in [0.15, 0.2) is 54.6 Å². The van der Waals surface area contributed by atoms with E-state index in [0.717, 1.165) is 11.1 Å². The molecule has 3 N–H and O–H groups in total. The van der Waals surface area contributed by atoms with Crippen molar-refractivity contribution < 1.29 is 33.8 Å². The highest BCUT2D eigenvalue weighted by Gasteiger charge is 2.38. The number of likely N-dealkylation sites (N-methyl/N-ethyl adjacent to an activating group) is 1. The molecule has 0 aliphatic carbocycles. The highest BCUT2D eigenvalue weighted by Crippen LogP contribution is 2.26. The molecular formula is C32H45N3O7. The third kappa shape index (κ3) is 10.5. The standard InChI is InChI=1S/C32H45N3O7/c1-9-35(28(38)25(20-36)34-30(40)42-32(6,7)8)26(23-18-14-13-15-21(23)2)27(37)33-24(29(39)41-31(3,4)5)19-22-16-11-10-12-17-22/h10-18,24-26,36H,9,19-20H2,1-8H3,(H,33,37)(H,34,40). The number of rotatable bonds is 11. The summed E-state index contributed by atoms with van der Waals surface area (Å²) in [4.78, 5) is 54.8. The maximum absolute atomic E-state index is 14.1. The molecule has 0 saturated heterocycles. The number of nitrogens with zero attached hydrogens (tertiary/aromatic N) is 1. The Morgan fingerprint density at radius 1 is 0.833 bits per heavy atom. The molecule has 2 rings (SSSR count). The van der Waals surface area contributed by atoms with E-state index in [1.54, 1.807) is 60.6 Å². The van der Waals surface area contributed by atoms with Crippen molar-refractivity contribution in [3.05, 3.63) is 71.3 Å². The van der Waals surface area contributed by atoms with E-state index in [2.05, 4.69) is 10.6 Å². The van der Waals surface area contributed by atoms with Crippen LogP contribution in [0.3, 0.4) is 0 Å². The fourth-order valence-electron chi connectivity index (χ4n) is 4.31. The minimum Gasteiger partial charge on any atom is -0.458 e. The van der Waals surface area contributed by atoms with E-state index in [1.807, 2.05) is 49.4 Å². The second-order valence-electron chi connectivity index (χ2n) is 12.0. The van der Waals surface area contributed by atoms with Gasteiger partial charge in [0, 0.05) is 13.0 Å². The lowest BCUT2D eigenvalue weighted by atomic mass is 9.97. The van der Waals surface area contributed by atoms with E-state index < -0.39 is 59.8 Å². The van der Waals surface area contributed by atoms with Crippen molar-refractivity contribution in [2.75, 3.05) is 13.2 Å². The molecule has 0 aliphatic heterocycles. The van der Waals surface area contributed by atoms with Gasteiger partial charge in [0.05, 0.1) is 6.61 Å². The molecule has 0 aromatic heterocycles. The molecule has 10 nitrogen and oxygen atoms in total. The molecule has 2 aromatic rings.